The van der Waals surface area contributed by atoms with E-state index in [1.165, 1.54) is 12.4 Å². The predicted molar refractivity (Wildman–Crippen MR) is 75.1 cm³/mol. The Morgan fingerprint density at radius 2 is 2.09 bits per heavy atom. The van der Waals surface area contributed by atoms with Crippen molar-refractivity contribution >= 4 is 16.0 Å². The molecule has 1 unspecified atom stereocenters. The molecule has 1 atom stereocenters. The van der Waals surface area contributed by atoms with Gasteiger partial charge in [0, 0.05) is 19.0 Å². The third kappa shape index (κ3) is 2.83. The maximum atomic E-state index is 12.6. The number of nitrogens with zero attached hydrogens (tertiary/aromatic N) is 2. The van der Waals surface area contributed by atoms with Crippen LogP contribution in [0.5, 0.6) is 0 Å². The Hall–Kier alpha value is -2.30. The van der Waals surface area contributed by atoms with Crippen LogP contribution in [0.2, 0.25) is 0 Å². The number of furan rings is 1. The molecule has 2 N–H and O–H groups in total. The number of carboxylic acid groups (broad SMARTS) is 1. The fraction of sp³-hybridized carbons (Fsp3) is 0.308. The second-order valence-electron chi connectivity index (χ2n) is 4.99. The molecule has 122 valence electrons. The lowest BCUT2D eigenvalue weighted by molar-refractivity contribution is 0.0689. The fourth-order valence-corrected chi connectivity index (χ4v) is 3.87. The third-order valence-electron chi connectivity index (χ3n) is 3.45. The standard InChI is InChI=1S/C13H13N3O6S/c17-10(18)9-2-6-22-11(9)23(19,20)16-13(3-7-21-8-13)12-14-4-1-5-15-12/h1-2,4-6,16H,3,7-8H2,(H,17,18). The Balaban J connectivity index is 2.01. The third-order valence-corrected chi connectivity index (χ3v) is 4.91. The molecule has 0 amide bonds. The van der Waals surface area contributed by atoms with Gasteiger partial charge in [0.25, 0.3) is 10.0 Å². The van der Waals surface area contributed by atoms with Gasteiger partial charge in [-0.25, -0.2) is 23.2 Å². The number of hydrogen-bond donors (Lipinski definition) is 2. The number of aromatic carboxylic acids is 1. The smallest absolute Gasteiger partial charge is 0.340 e. The van der Waals surface area contributed by atoms with Crippen LogP contribution in [0.3, 0.4) is 0 Å². The van der Waals surface area contributed by atoms with Crippen molar-refractivity contribution in [2.75, 3.05) is 13.2 Å². The number of carbonyl (C=O) groups is 1. The molecule has 1 saturated heterocycles. The molecule has 2 aromatic rings. The molecule has 0 radical (unpaired) electrons. The van der Waals surface area contributed by atoms with Crippen LogP contribution in [0.15, 0.2) is 40.3 Å². The minimum absolute atomic E-state index is 0.0410. The SMILES string of the molecule is O=C(O)c1ccoc1S(=O)(=O)NC1(c2ncccn2)CCOC1. The molecule has 2 aromatic heterocycles. The number of rotatable bonds is 5. The first-order valence-corrected chi connectivity index (χ1v) is 8.13. The molecule has 1 aliphatic heterocycles. The highest BCUT2D eigenvalue weighted by molar-refractivity contribution is 7.89. The maximum absolute atomic E-state index is 12.6. The number of nitrogens with one attached hydrogen (secondary N) is 1. The topological polar surface area (TPSA) is 132 Å². The Labute approximate surface area is 131 Å². The number of ether oxygens (including phenoxy) is 1. The summed E-state index contributed by atoms with van der Waals surface area (Å²) in [6, 6.07) is 2.68. The molecule has 9 nitrogen and oxygen atoms in total. The van der Waals surface area contributed by atoms with Gasteiger partial charge in [0.05, 0.1) is 12.9 Å². The molecule has 0 bridgehead atoms. The largest absolute Gasteiger partial charge is 0.478 e. The normalized spacial score (nSPS) is 21.4. The summed E-state index contributed by atoms with van der Waals surface area (Å²) in [5, 5.41) is 8.40. The van der Waals surface area contributed by atoms with Gasteiger partial charge in [-0.15, -0.1) is 0 Å². The van der Waals surface area contributed by atoms with Gasteiger partial charge in [-0.2, -0.15) is 4.72 Å². The first-order chi connectivity index (χ1) is 10.9. The highest BCUT2D eigenvalue weighted by Gasteiger charge is 2.44. The van der Waals surface area contributed by atoms with E-state index in [9.17, 15) is 13.2 Å². The maximum Gasteiger partial charge on any atom is 0.340 e. The lowest BCUT2D eigenvalue weighted by atomic mass is 9.99. The number of sulfonamides is 1. The first kappa shape index (κ1) is 15.6. The molecule has 10 heteroatoms. The summed E-state index contributed by atoms with van der Waals surface area (Å²) in [4.78, 5) is 19.3. The van der Waals surface area contributed by atoms with Crippen LogP contribution < -0.4 is 4.72 Å². The van der Waals surface area contributed by atoms with Crippen LogP contribution in [0.1, 0.15) is 22.6 Å². The van der Waals surface area contributed by atoms with Gasteiger partial charge in [0.1, 0.15) is 11.1 Å². The molecule has 0 aliphatic carbocycles. The molecule has 1 fully saturated rings. The second-order valence-corrected chi connectivity index (χ2v) is 6.57. The van der Waals surface area contributed by atoms with Gasteiger partial charge in [-0.3, -0.25) is 0 Å². The Kier molecular flexibility index (Phi) is 3.88. The highest BCUT2D eigenvalue weighted by atomic mass is 32.2. The van der Waals surface area contributed by atoms with Crippen molar-refractivity contribution in [3.63, 3.8) is 0 Å². The van der Waals surface area contributed by atoms with E-state index in [0.29, 0.717) is 13.0 Å². The number of carboxylic acids is 1. The van der Waals surface area contributed by atoms with E-state index in [4.69, 9.17) is 14.3 Å². The quantitative estimate of drug-likeness (QED) is 0.798. The number of aromatic nitrogens is 2. The van der Waals surface area contributed by atoms with Gasteiger partial charge < -0.3 is 14.3 Å². The fourth-order valence-electron chi connectivity index (χ4n) is 2.38. The van der Waals surface area contributed by atoms with E-state index < -0.39 is 32.2 Å². The molecule has 0 aromatic carbocycles. The van der Waals surface area contributed by atoms with Gasteiger partial charge in [0.15, 0.2) is 5.82 Å². The zero-order valence-electron chi connectivity index (χ0n) is 11.8. The molecular formula is C13H13N3O6S. The Morgan fingerprint density at radius 3 is 2.70 bits per heavy atom. The summed E-state index contributed by atoms with van der Waals surface area (Å²) in [6.45, 7) is 0.365. The molecule has 0 saturated carbocycles. The van der Waals surface area contributed by atoms with Crippen molar-refractivity contribution in [3.05, 3.63) is 42.2 Å². The molecule has 0 spiro atoms. The minimum Gasteiger partial charge on any atom is -0.478 e. The van der Waals surface area contributed by atoms with Crippen molar-refractivity contribution in [3.8, 4) is 0 Å². The van der Waals surface area contributed by atoms with Crippen LogP contribution in [0.25, 0.3) is 0 Å². The van der Waals surface area contributed by atoms with Crippen molar-refractivity contribution in [2.45, 2.75) is 17.1 Å². The molecule has 23 heavy (non-hydrogen) atoms. The summed E-state index contributed by atoms with van der Waals surface area (Å²) in [6.07, 6.45) is 4.31. The summed E-state index contributed by atoms with van der Waals surface area (Å²) in [5.74, 6) is -1.14. The van der Waals surface area contributed by atoms with Gasteiger partial charge >= 0.3 is 5.97 Å². The van der Waals surface area contributed by atoms with Crippen LogP contribution >= 0.6 is 0 Å². The summed E-state index contributed by atoms with van der Waals surface area (Å²) < 4.78 is 37.8. The molecule has 1 aliphatic rings. The van der Waals surface area contributed by atoms with Gasteiger partial charge in [0.2, 0.25) is 5.09 Å². The monoisotopic (exact) mass is 339 g/mol. The van der Waals surface area contributed by atoms with Gasteiger partial charge in [-0.05, 0) is 18.6 Å². The Bertz CT molecular complexity index is 811. The van der Waals surface area contributed by atoms with E-state index in [-0.39, 0.29) is 12.4 Å². The zero-order valence-corrected chi connectivity index (χ0v) is 12.6. The lowest BCUT2D eigenvalue weighted by Gasteiger charge is -2.26. The lowest BCUT2D eigenvalue weighted by Crippen LogP contribution is -2.47. The van der Waals surface area contributed by atoms with E-state index >= 15 is 0 Å². The average Bonchev–Trinajstić information content (AvgIpc) is 3.17. The van der Waals surface area contributed by atoms with Crippen LogP contribution in [-0.2, 0) is 20.3 Å². The number of hydrogen-bond acceptors (Lipinski definition) is 7. The van der Waals surface area contributed by atoms with Crippen molar-refractivity contribution in [1.82, 2.24) is 14.7 Å². The predicted octanol–water partition coefficient (Wildman–Crippen LogP) is 0.362. The van der Waals surface area contributed by atoms with Gasteiger partial charge in [-0.1, -0.05) is 0 Å². The highest BCUT2D eigenvalue weighted by Crippen LogP contribution is 2.30. The Morgan fingerprint density at radius 1 is 1.35 bits per heavy atom. The van der Waals surface area contributed by atoms with Crippen molar-refractivity contribution in [1.29, 1.82) is 0 Å². The van der Waals surface area contributed by atoms with Crippen molar-refractivity contribution < 1.29 is 27.5 Å². The zero-order chi connectivity index (χ0) is 16.5. The second kappa shape index (κ2) is 5.72. The summed E-state index contributed by atoms with van der Waals surface area (Å²) in [5.41, 5.74) is -1.61. The van der Waals surface area contributed by atoms with Crippen LogP contribution in [-0.4, -0.2) is 42.7 Å². The molecular weight excluding hydrogens is 326 g/mol. The van der Waals surface area contributed by atoms with E-state index in [0.717, 1.165) is 12.3 Å². The van der Waals surface area contributed by atoms with Crippen LogP contribution in [0, 0.1) is 0 Å². The van der Waals surface area contributed by atoms with E-state index in [2.05, 4.69) is 14.7 Å². The molecule has 3 heterocycles. The first-order valence-electron chi connectivity index (χ1n) is 6.65. The molecule has 3 rings (SSSR count). The average molecular weight is 339 g/mol. The van der Waals surface area contributed by atoms with E-state index in [1.54, 1.807) is 6.07 Å². The minimum atomic E-state index is -4.24. The summed E-state index contributed by atoms with van der Waals surface area (Å²) >= 11 is 0. The van der Waals surface area contributed by atoms with Crippen molar-refractivity contribution in [2.24, 2.45) is 0 Å². The van der Waals surface area contributed by atoms with E-state index in [1.807, 2.05) is 0 Å². The van der Waals surface area contributed by atoms with Crippen LogP contribution in [0.4, 0.5) is 0 Å². The summed E-state index contributed by atoms with van der Waals surface area (Å²) in [7, 11) is -4.24.